The molecule has 0 spiro atoms. The van der Waals surface area contributed by atoms with Crippen molar-refractivity contribution in [1.82, 2.24) is 20.4 Å². The van der Waals surface area contributed by atoms with Crippen molar-refractivity contribution in [1.29, 1.82) is 0 Å². The maximum absolute atomic E-state index is 11.8. The Kier molecular flexibility index (Phi) is 11.7. The summed E-state index contributed by atoms with van der Waals surface area (Å²) >= 11 is 0. The number of carbonyl (C=O) groups excluding carboxylic acids is 1. The van der Waals surface area contributed by atoms with Gasteiger partial charge in [-0.1, -0.05) is 20.8 Å². The third-order valence-electron chi connectivity index (χ3n) is 4.09. The number of guanidine groups is 1. The summed E-state index contributed by atoms with van der Waals surface area (Å²) in [5.41, 5.74) is 0.382. The minimum absolute atomic E-state index is 0. The monoisotopic (exact) mass is 467 g/mol. The highest BCUT2D eigenvalue weighted by molar-refractivity contribution is 14.0. The van der Waals surface area contributed by atoms with E-state index in [1.54, 1.807) is 0 Å². The lowest BCUT2D eigenvalue weighted by atomic mass is 9.91. The number of rotatable bonds is 6. The van der Waals surface area contributed by atoms with Gasteiger partial charge in [0.1, 0.15) is 0 Å². The highest BCUT2D eigenvalue weighted by Crippen LogP contribution is 2.19. The van der Waals surface area contributed by atoms with Gasteiger partial charge in [0, 0.05) is 45.8 Å². The summed E-state index contributed by atoms with van der Waals surface area (Å²) in [6.07, 6.45) is 2.35. The second-order valence-corrected chi connectivity index (χ2v) is 8.12. The molecule has 0 aromatic carbocycles. The molecule has 7 heteroatoms. The fourth-order valence-electron chi connectivity index (χ4n) is 2.84. The number of nitrogens with one attached hydrogen (secondary N) is 2. The van der Waals surface area contributed by atoms with E-state index < -0.39 is 0 Å². The minimum Gasteiger partial charge on any atom is -0.356 e. The predicted molar refractivity (Wildman–Crippen MR) is 117 cm³/mol. The Morgan fingerprint density at radius 2 is 1.76 bits per heavy atom. The summed E-state index contributed by atoms with van der Waals surface area (Å²) in [7, 11) is 1.84. The van der Waals surface area contributed by atoms with Gasteiger partial charge in [0.05, 0.1) is 6.54 Å². The summed E-state index contributed by atoms with van der Waals surface area (Å²) < 4.78 is 0. The fourth-order valence-corrected chi connectivity index (χ4v) is 2.84. The molecule has 0 aromatic heterocycles. The molecule has 1 fully saturated rings. The van der Waals surface area contributed by atoms with Gasteiger partial charge < -0.3 is 15.5 Å². The first-order valence-electron chi connectivity index (χ1n) is 9.18. The Hall–Kier alpha value is -0.570. The number of nitrogens with zero attached hydrogens (tertiary/aromatic N) is 3. The zero-order valence-electron chi connectivity index (χ0n) is 16.9. The first-order chi connectivity index (χ1) is 11.2. The van der Waals surface area contributed by atoms with Gasteiger partial charge in [0.15, 0.2) is 5.96 Å². The van der Waals surface area contributed by atoms with Crippen LogP contribution in [0, 0.1) is 5.41 Å². The second kappa shape index (κ2) is 11.9. The van der Waals surface area contributed by atoms with Gasteiger partial charge in [-0.05, 0) is 32.1 Å². The van der Waals surface area contributed by atoms with Gasteiger partial charge in [0.2, 0.25) is 5.91 Å². The van der Waals surface area contributed by atoms with Crippen molar-refractivity contribution in [2.24, 2.45) is 10.4 Å². The van der Waals surface area contributed by atoms with E-state index in [2.05, 4.69) is 46.2 Å². The maximum atomic E-state index is 11.8. The summed E-state index contributed by atoms with van der Waals surface area (Å²) in [5, 5.41) is 6.42. The zero-order chi connectivity index (χ0) is 18.2. The molecule has 1 amide bonds. The molecule has 1 rings (SSSR count). The van der Waals surface area contributed by atoms with E-state index in [9.17, 15) is 4.79 Å². The molecule has 1 aliphatic heterocycles. The number of carbonyl (C=O) groups is 1. The molecule has 1 saturated heterocycles. The largest absolute Gasteiger partial charge is 0.356 e. The van der Waals surface area contributed by atoms with Crippen LogP contribution in [0.3, 0.4) is 0 Å². The van der Waals surface area contributed by atoms with Crippen LogP contribution in [0.25, 0.3) is 0 Å². The molecule has 0 radical (unpaired) electrons. The van der Waals surface area contributed by atoms with Crippen molar-refractivity contribution in [2.45, 2.75) is 53.5 Å². The Bertz CT molecular complexity index is 412. The van der Waals surface area contributed by atoms with Gasteiger partial charge in [-0.25, -0.2) is 0 Å². The number of piperazine rings is 1. The number of amides is 1. The molecular weight excluding hydrogens is 429 g/mol. The van der Waals surface area contributed by atoms with Crippen molar-refractivity contribution in [2.75, 3.05) is 46.3 Å². The van der Waals surface area contributed by atoms with Gasteiger partial charge in [0.25, 0.3) is 0 Å². The van der Waals surface area contributed by atoms with Crippen LogP contribution in [0.2, 0.25) is 0 Å². The van der Waals surface area contributed by atoms with Gasteiger partial charge in [-0.15, -0.1) is 24.0 Å². The molecule has 0 saturated carbocycles. The van der Waals surface area contributed by atoms with E-state index in [0.717, 1.165) is 45.1 Å². The van der Waals surface area contributed by atoms with Crippen molar-refractivity contribution >= 4 is 35.8 Å². The Labute approximate surface area is 171 Å². The molecular formula is C18H38IN5O. The topological polar surface area (TPSA) is 60.0 Å². The standard InChI is InChI=1S/C18H37N5O.HI/c1-15(2)21-16(24)14-22-10-12-23(13-11-22)17(19-6)20-9-7-8-18(3,4)5;/h15H,7-14H2,1-6H3,(H,19,20)(H,21,24);1H. The summed E-state index contributed by atoms with van der Waals surface area (Å²) in [6, 6.07) is 0.204. The first-order valence-corrected chi connectivity index (χ1v) is 9.18. The van der Waals surface area contributed by atoms with E-state index in [1.807, 2.05) is 20.9 Å². The summed E-state index contributed by atoms with van der Waals surface area (Å²) in [4.78, 5) is 20.7. The molecule has 0 atom stereocenters. The second-order valence-electron chi connectivity index (χ2n) is 8.12. The molecule has 0 aromatic rings. The van der Waals surface area contributed by atoms with E-state index in [-0.39, 0.29) is 35.9 Å². The Morgan fingerprint density at radius 1 is 1.16 bits per heavy atom. The molecule has 25 heavy (non-hydrogen) atoms. The quantitative estimate of drug-likeness (QED) is 0.272. The average Bonchev–Trinajstić information content (AvgIpc) is 2.46. The molecule has 2 N–H and O–H groups in total. The van der Waals surface area contributed by atoms with Crippen molar-refractivity contribution in [3.63, 3.8) is 0 Å². The van der Waals surface area contributed by atoms with E-state index in [0.29, 0.717) is 12.0 Å². The average molecular weight is 467 g/mol. The van der Waals surface area contributed by atoms with E-state index >= 15 is 0 Å². The van der Waals surface area contributed by atoms with Crippen molar-refractivity contribution in [3.05, 3.63) is 0 Å². The maximum Gasteiger partial charge on any atom is 0.234 e. The molecule has 0 aliphatic carbocycles. The van der Waals surface area contributed by atoms with Crippen LogP contribution in [0.5, 0.6) is 0 Å². The van der Waals surface area contributed by atoms with Crippen LogP contribution in [-0.4, -0.2) is 74.0 Å². The number of aliphatic imine (C=N–C) groups is 1. The van der Waals surface area contributed by atoms with Crippen molar-refractivity contribution in [3.8, 4) is 0 Å². The van der Waals surface area contributed by atoms with Gasteiger partial charge in [-0.2, -0.15) is 0 Å². The molecule has 1 heterocycles. The number of hydrogen-bond donors (Lipinski definition) is 2. The molecule has 0 bridgehead atoms. The lowest BCUT2D eigenvalue weighted by Gasteiger charge is -2.36. The molecule has 1 aliphatic rings. The lowest BCUT2D eigenvalue weighted by Crippen LogP contribution is -2.54. The minimum atomic E-state index is 0. The predicted octanol–water partition coefficient (Wildman–Crippen LogP) is 2.15. The number of halogens is 1. The molecule has 148 valence electrons. The van der Waals surface area contributed by atoms with Crippen LogP contribution in [0.15, 0.2) is 4.99 Å². The highest BCUT2D eigenvalue weighted by atomic mass is 127. The van der Waals surface area contributed by atoms with E-state index in [4.69, 9.17) is 0 Å². The van der Waals surface area contributed by atoms with Crippen LogP contribution >= 0.6 is 24.0 Å². The Morgan fingerprint density at radius 3 is 2.24 bits per heavy atom. The fraction of sp³-hybridized carbons (Fsp3) is 0.889. The SMILES string of the molecule is CN=C(NCCCC(C)(C)C)N1CCN(CC(=O)NC(C)C)CC1.I. The van der Waals surface area contributed by atoms with Crippen LogP contribution in [-0.2, 0) is 4.79 Å². The smallest absolute Gasteiger partial charge is 0.234 e. The Balaban J connectivity index is 0.00000576. The first kappa shape index (κ1) is 24.4. The van der Waals surface area contributed by atoms with Crippen LogP contribution in [0.4, 0.5) is 0 Å². The van der Waals surface area contributed by atoms with Crippen LogP contribution < -0.4 is 10.6 Å². The van der Waals surface area contributed by atoms with Crippen LogP contribution in [0.1, 0.15) is 47.5 Å². The highest BCUT2D eigenvalue weighted by Gasteiger charge is 2.21. The summed E-state index contributed by atoms with van der Waals surface area (Å²) in [6.45, 7) is 15.9. The van der Waals surface area contributed by atoms with Gasteiger partial charge in [-0.3, -0.25) is 14.7 Å². The van der Waals surface area contributed by atoms with Gasteiger partial charge >= 0.3 is 0 Å². The summed E-state index contributed by atoms with van der Waals surface area (Å²) in [5.74, 6) is 1.10. The third kappa shape index (κ3) is 10.9. The number of hydrogen-bond acceptors (Lipinski definition) is 3. The third-order valence-corrected chi connectivity index (χ3v) is 4.09. The normalized spacial score (nSPS) is 16.6. The zero-order valence-corrected chi connectivity index (χ0v) is 19.2. The van der Waals surface area contributed by atoms with E-state index in [1.165, 1.54) is 6.42 Å². The molecule has 6 nitrogen and oxygen atoms in total. The van der Waals surface area contributed by atoms with Crippen molar-refractivity contribution < 1.29 is 4.79 Å². The molecule has 0 unspecified atom stereocenters. The lowest BCUT2D eigenvalue weighted by molar-refractivity contribution is -0.123.